The summed E-state index contributed by atoms with van der Waals surface area (Å²) in [5.41, 5.74) is 12.0. The average molecular weight is 1460 g/mol. The highest BCUT2D eigenvalue weighted by Crippen LogP contribution is 2.52. The van der Waals surface area contributed by atoms with Gasteiger partial charge in [0.1, 0.15) is 29.5 Å². The van der Waals surface area contributed by atoms with E-state index in [0.717, 1.165) is 33.4 Å². The molecule has 0 fully saturated rings. The molecule has 9 heterocycles. The molecule has 6 aromatic carbocycles. The normalized spacial score (nSPS) is 16.0. The predicted molar refractivity (Wildman–Crippen MR) is 400 cm³/mol. The van der Waals surface area contributed by atoms with E-state index in [1.54, 1.807) is 50.9 Å². The molecule has 532 valence electrons. The van der Waals surface area contributed by atoms with Gasteiger partial charge >= 0.3 is 17.9 Å². The largest absolute Gasteiger partial charge is 0.493 e. The number of pyridine rings is 3. The van der Waals surface area contributed by atoms with Crippen molar-refractivity contribution in [3.63, 3.8) is 0 Å². The maximum atomic E-state index is 14.5. The Morgan fingerprint density at radius 1 is 0.558 bits per heavy atom. The Labute approximate surface area is 608 Å². The van der Waals surface area contributed by atoms with Crippen LogP contribution in [0.5, 0.6) is 17.2 Å². The number of carbonyl (C=O) groups is 5. The topological polar surface area (TPSA) is 303 Å². The molecular weight excluding hydrogens is 1380 g/mol. The zero-order valence-corrected chi connectivity index (χ0v) is 61.6. The van der Waals surface area contributed by atoms with Crippen LogP contribution in [0.15, 0.2) is 96.9 Å². The number of fused-ring (bicyclic) bond motifs is 3. The summed E-state index contributed by atoms with van der Waals surface area (Å²) >= 11 is 3.76. The van der Waals surface area contributed by atoms with E-state index in [1.807, 2.05) is 122 Å². The Kier molecular flexibility index (Phi) is 17.5. The van der Waals surface area contributed by atoms with Crippen LogP contribution in [-0.2, 0) is 59.1 Å². The van der Waals surface area contributed by atoms with E-state index in [1.165, 1.54) is 29.7 Å². The molecular formula is C79H74N8O14S3. The first-order valence-electron chi connectivity index (χ1n) is 34.2. The molecule has 0 radical (unpaired) electrons. The van der Waals surface area contributed by atoms with E-state index in [0.29, 0.717) is 173 Å². The Hall–Kier alpha value is -10.1. The minimum Gasteiger partial charge on any atom is -0.493 e. The van der Waals surface area contributed by atoms with E-state index in [4.69, 9.17) is 58.3 Å². The lowest BCUT2D eigenvalue weighted by atomic mass is 9.85. The fourth-order valence-corrected chi connectivity index (χ4v) is 17.8. The number of carboxylic acid groups (broad SMARTS) is 3. The zero-order valence-electron chi connectivity index (χ0n) is 59.1. The van der Waals surface area contributed by atoms with Crippen LogP contribution < -0.4 is 24.8 Å². The van der Waals surface area contributed by atoms with Crippen molar-refractivity contribution in [3.8, 4) is 50.6 Å². The molecule has 3 aliphatic rings. The van der Waals surface area contributed by atoms with Gasteiger partial charge in [-0.15, -0.1) is 22.7 Å². The average Bonchev–Trinajstić information content (AvgIpc) is 1.38. The van der Waals surface area contributed by atoms with Gasteiger partial charge in [0.15, 0.2) is 28.5 Å². The van der Waals surface area contributed by atoms with Crippen LogP contribution in [0.2, 0.25) is 0 Å². The molecule has 15 rings (SSSR count). The number of carboxylic acids is 3. The van der Waals surface area contributed by atoms with Crippen molar-refractivity contribution in [1.29, 1.82) is 0 Å². The number of aliphatic carboxylic acids is 3. The van der Waals surface area contributed by atoms with Crippen molar-refractivity contribution in [2.45, 2.75) is 156 Å². The van der Waals surface area contributed by atoms with Gasteiger partial charge in [0.2, 0.25) is 5.91 Å². The quantitative estimate of drug-likeness (QED) is 0.0533. The second-order valence-corrected chi connectivity index (χ2v) is 32.4. The molecule has 2 amide bonds. The summed E-state index contributed by atoms with van der Waals surface area (Å²) in [6.45, 7) is 20.4. The predicted octanol–water partition coefficient (Wildman–Crippen LogP) is 15.8. The lowest BCUT2D eigenvalue weighted by Gasteiger charge is -2.31. The molecule has 0 spiro atoms. The van der Waals surface area contributed by atoms with Crippen molar-refractivity contribution in [1.82, 2.24) is 35.2 Å². The van der Waals surface area contributed by atoms with Crippen molar-refractivity contribution in [3.05, 3.63) is 152 Å². The number of carbonyl (C=O) groups excluding carboxylic acids is 2. The van der Waals surface area contributed by atoms with Gasteiger partial charge in [0, 0.05) is 118 Å². The van der Waals surface area contributed by atoms with E-state index >= 15 is 0 Å². The number of aryl methyl sites for hydroxylation is 2. The molecule has 6 aromatic heterocycles. The van der Waals surface area contributed by atoms with Gasteiger partial charge in [-0.05, 0) is 182 Å². The van der Waals surface area contributed by atoms with Crippen LogP contribution in [0.3, 0.4) is 0 Å². The van der Waals surface area contributed by atoms with Crippen molar-refractivity contribution in [2.24, 2.45) is 0 Å². The second-order valence-electron chi connectivity index (χ2n) is 29.5. The van der Waals surface area contributed by atoms with Gasteiger partial charge in [0.05, 0.1) is 82.5 Å². The number of nitrogens with one attached hydrogen (secondary N) is 2. The lowest BCUT2D eigenvalue weighted by Crippen LogP contribution is -2.30. The summed E-state index contributed by atoms with van der Waals surface area (Å²) in [5, 5.41) is 41.8. The van der Waals surface area contributed by atoms with Gasteiger partial charge in [-0.1, -0.05) is 11.3 Å². The summed E-state index contributed by atoms with van der Waals surface area (Å²) in [5.74, 6) is -2.62. The molecule has 5 atom stereocenters. The maximum absolute atomic E-state index is 14.5. The van der Waals surface area contributed by atoms with E-state index < -0.39 is 65.2 Å². The highest BCUT2D eigenvalue weighted by molar-refractivity contribution is 7.23. The molecule has 5 N–H and O–H groups in total. The minimum atomic E-state index is -1.50. The van der Waals surface area contributed by atoms with Gasteiger partial charge in [-0.3, -0.25) is 24.5 Å². The van der Waals surface area contributed by atoms with Crippen molar-refractivity contribution >= 4 is 132 Å². The molecule has 22 nitrogen and oxygen atoms in total. The van der Waals surface area contributed by atoms with E-state index in [-0.39, 0.29) is 29.7 Å². The summed E-state index contributed by atoms with van der Waals surface area (Å²) in [4.78, 5) is 97.8. The fourth-order valence-electron chi connectivity index (χ4n) is 14.9. The van der Waals surface area contributed by atoms with E-state index in [2.05, 4.69) is 10.6 Å². The SMILES string of the molecule is CNC(=O)c1nc2cc(C)c([C@H](OC(C)(C)C)C(=O)O)c(-c3ccc4c5c(ccnc35)CC(Cc3cc5ncsc5c(-c5ccc6c7c(ccnc57)CC(CC(=O)Nc5nc7cc(C)c([C@H](OC(C)(C)C)C(=O)O)c(-c8ccc9c%10c(ccnc8%10)CCO9)c7s5)O6)c3[C@H](OC(C)(C)C)C(=O)O)O4)c2s1. The lowest BCUT2D eigenvalue weighted by molar-refractivity contribution is -0.161. The number of benzene rings is 6. The number of hydrogen-bond acceptors (Lipinski definition) is 20. The van der Waals surface area contributed by atoms with Gasteiger partial charge in [0.25, 0.3) is 5.91 Å². The highest BCUT2D eigenvalue weighted by Gasteiger charge is 2.40. The van der Waals surface area contributed by atoms with Crippen molar-refractivity contribution in [2.75, 3.05) is 19.0 Å². The fraction of sp³-hybridized carbons (Fsp3) is 0.329. The number of anilines is 1. The van der Waals surface area contributed by atoms with Crippen LogP contribution in [0.1, 0.15) is 147 Å². The molecule has 2 unspecified atom stereocenters. The number of hydrogen-bond donors (Lipinski definition) is 5. The Morgan fingerprint density at radius 2 is 1.03 bits per heavy atom. The molecule has 3 aliphatic heterocycles. The molecule has 0 bridgehead atoms. The third kappa shape index (κ3) is 12.7. The Morgan fingerprint density at radius 3 is 1.56 bits per heavy atom. The summed E-state index contributed by atoms with van der Waals surface area (Å²) in [6, 6.07) is 22.6. The number of rotatable bonds is 18. The van der Waals surface area contributed by atoms with Crippen LogP contribution >= 0.6 is 34.0 Å². The third-order valence-corrected chi connectivity index (χ3v) is 21.7. The van der Waals surface area contributed by atoms with E-state index in [9.17, 15) is 39.3 Å². The number of aromatic nitrogens is 6. The van der Waals surface area contributed by atoms with Gasteiger partial charge in [-0.25, -0.2) is 29.3 Å². The first-order valence-corrected chi connectivity index (χ1v) is 36.7. The summed E-state index contributed by atoms with van der Waals surface area (Å²) < 4.78 is 41.2. The molecule has 104 heavy (non-hydrogen) atoms. The second kappa shape index (κ2) is 26.2. The van der Waals surface area contributed by atoms with Crippen molar-refractivity contribution < 1.29 is 67.7 Å². The molecule has 12 aromatic rings. The van der Waals surface area contributed by atoms with Crippen LogP contribution in [0, 0.1) is 13.8 Å². The molecule has 25 heteroatoms. The number of ether oxygens (including phenoxy) is 6. The van der Waals surface area contributed by atoms with Crippen LogP contribution in [0.25, 0.3) is 96.7 Å². The minimum absolute atomic E-state index is 0.0686. The molecule has 0 saturated carbocycles. The first-order chi connectivity index (χ1) is 49.5. The molecule has 0 aliphatic carbocycles. The van der Waals surface area contributed by atoms with Crippen LogP contribution in [-0.4, -0.2) is 118 Å². The smallest absolute Gasteiger partial charge is 0.337 e. The zero-order chi connectivity index (χ0) is 73.3. The summed E-state index contributed by atoms with van der Waals surface area (Å²) in [6.07, 6.45) is 1.17. The van der Waals surface area contributed by atoms with Gasteiger partial charge in [-0.2, -0.15) is 0 Å². The molecule has 0 saturated heterocycles. The maximum Gasteiger partial charge on any atom is 0.337 e. The Bertz CT molecular complexity index is 5590. The van der Waals surface area contributed by atoms with Gasteiger partial charge < -0.3 is 54.4 Å². The highest BCUT2D eigenvalue weighted by atomic mass is 32.1. The first kappa shape index (κ1) is 69.6. The monoisotopic (exact) mass is 1450 g/mol. The standard InChI is InChI=1S/C79H74N8O14S3/c1-35-27-47-69(103-72(85-47)71(89)80-12)59(53(35)65(73(90)91)99-77(3,4)5)44-14-17-50-56-38(20-24-82-63(44)56)29-41(97-50)31-40-32-46-68(102-34-84-46)61(58(40)67(75(94)95)101-79(9,10)11)45-15-18-51-57-39(21-25-83-64(45)57)30-42(98-51)33-52(88)87-76-86-48-28-36(2)54(66(74(92)93)100-78(6,7)8)60(70(48)104-76)43-13-16-49-55-37(22-26-96-49)19-23-81-62(43)55/h13-21,23-25,27-28,32,34,41-42,65-67H,22,26,29-31,33H2,1-12H3,(H,80,89)(H,90,91)(H,92,93)(H,94,95)(H,86,87,88)/t41?,42?,65-,66-,67-/m0/s1. The number of amides is 2. The Balaban J connectivity index is 0.766. The summed E-state index contributed by atoms with van der Waals surface area (Å²) in [7, 11) is 1.53. The number of nitrogens with zero attached hydrogens (tertiary/aromatic N) is 6. The third-order valence-electron chi connectivity index (χ3n) is 18.7. The number of thiazole rings is 3. The van der Waals surface area contributed by atoms with Crippen LogP contribution in [0.4, 0.5) is 5.13 Å².